The summed E-state index contributed by atoms with van der Waals surface area (Å²) in [6.07, 6.45) is 9.74. The molecule has 1 aromatic rings. The summed E-state index contributed by atoms with van der Waals surface area (Å²) >= 11 is 0. The Morgan fingerprint density at radius 3 is 2.35 bits per heavy atom. The van der Waals surface area contributed by atoms with Crippen molar-refractivity contribution in [3.8, 4) is 0 Å². The first kappa shape index (κ1) is 22.9. The number of sulfone groups is 1. The fraction of sp³-hybridized carbons (Fsp3) is 0.583. The number of rotatable bonds is 7. The third-order valence-electron chi connectivity index (χ3n) is 7.21. The second kappa shape index (κ2) is 7.66. The van der Waals surface area contributed by atoms with Crippen molar-refractivity contribution < 1.29 is 22.3 Å². The predicted molar refractivity (Wildman–Crippen MR) is 124 cm³/mol. The van der Waals surface area contributed by atoms with Crippen LogP contribution in [0.15, 0.2) is 59.5 Å². The highest BCUT2D eigenvalue weighted by Crippen LogP contribution is 2.52. The van der Waals surface area contributed by atoms with Crippen molar-refractivity contribution in [3.05, 3.63) is 54.6 Å². The molecule has 2 heterocycles. The maximum Gasteiger partial charge on any atom is 0.206 e. The van der Waals surface area contributed by atoms with Crippen LogP contribution < -0.4 is 0 Å². The molecule has 2 bridgehead atoms. The predicted octanol–water partition coefficient (Wildman–Crippen LogP) is 5.01. The van der Waals surface area contributed by atoms with Crippen LogP contribution in [0.4, 0.5) is 0 Å². The Balaban J connectivity index is 1.64. The number of hydrogen-bond acceptors (Lipinski definition) is 5. The lowest BCUT2D eigenvalue weighted by atomic mass is 9.94. The van der Waals surface area contributed by atoms with Crippen LogP contribution >= 0.6 is 0 Å². The zero-order chi connectivity index (χ0) is 22.5. The number of hydrogen-bond donors (Lipinski definition) is 0. The second-order valence-electron chi connectivity index (χ2n) is 10.5. The van der Waals surface area contributed by atoms with Crippen LogP contribution in [0.3, 0.4) is 0 Å². The first-order chi connectivity index (χ1) is 14.4. The van der Waals surface area contributed by atoms with Crippen molar-refractivity contribution in [2.75, 3.05) is 6.61 Å². The van der Waals surface area contributed by atoms with E-state index in [1.807, 2.05) is 18.2 Å². The number of ether oxygens (including phenoxy) is 2. The number of benzene rings is 1. The van der Waals surface area contributed by atoms with Crippen LogP contribution in [0.1, 0.15) is 40.0 Å². The van der Waals surface area contributed by atoms with Crippen molar-refractivity contribution >= 4 is 18.2 Å². The van der Waals surface area contributed by atoms with E-state index in [1.165, 1.54) is 0 Å². The highest BCUT2D eigenvalue weighted by Gasteiger charge is 2.64. The van der Waals surface area contributed by atoms with Gasteiger partial charge in [0, 0.05) is 6.42 Å². The summed E-state index contributed by atoms with van der Waals surface area (Å²) in [6.45, 7) is 11.3. The van der Waals surface area contributed by atoms with E-state index in [0.717, 1.165) is 12.8 Å². The third kappa shape index (κ3) is 4.11. The Kier molecular flexibility index (Phi) is 5.67. The van der Waals surface area contributed by atoms with E-state index < -0.39 is 34.8 Å². The van der Waals surface area contributed by atoms with Crippen molar-refractivity contribution in [3.63, 3.8) is 0 Å². The molecule has 0 radical (unpaired) electrons. The second-order valence-corrected chi connectivity index (χ2v) is 17.4. The Hall–Kier alpha value is -1.25. The molecule has 0 N–H and O–H groups in total. The monoisotopic (exact) mass is 462 g/mol. The van der Waals surface area contributed by atoms with Gasteiger partial charge in [0.05, 0.1) is 17.6 Å². The topological polar surface area (TPSA) is 61.8 Å². The zero-order valence-corrected chi connectivity index (χ0v) is 20.9. The van der Waals surface area contributed by atoms with Crippen molar-refractivity contribution in [1.82, 2.24) is 0 Å². The first-order valence-electron chi connectivity index (χ1n) is 11.1. The van der Waals surface area contributed by atoms with Gasteiger partial charge < -0.3 is 13.9 Å². The van der Waals surface area contributed by atoms with Gasteiger partial charge >= 0.3 is 0 Å². The molecule has 2 aliphatic heterocycles. The molecule has 0 aromatic heterocycles. The van der Waals surface area contributed by atoms with Gasteiger partial charge in [-0.1, -0.05) is 51.1 Å². The molecule has 5 nitrogen and oxygen atoms in total. The molecular weight excluding hydrogens is 428 g/mol. The highest BCUT2D eigenvalue weighted by atomic mass is 32.2. The molecule has 1 aromatic carbocycles. The van der Waals surface area contributed by atoms with Crippen molar-refractivity contribution in [1.29, 1.82) is 0 Å². The van der Waals surface area contributed by atoms with Gasteiger partial charge in [-0.25, -0.2) is 8.42 Å². The molecule has 1 saturated heterocycles. The summed E-state index contributed by atoms with van der Waals surface area (Å²) in [7, 11) is -5.68. The lowest BCUT2D eigenvalue weighted by Gasteiger charge is -2.38. The molecule has 0 saturated carbocycles. The Labute approximate surface area is 187 Å². The molecule has 7 heteroatoms. The maximum atomic E-state index is 13.7. The normalized spacial score (nSPS) is 31.1. The SMILES string of the molecule is CC(C)(C)[Si](C)(C)OC[C@]12C=C[C@](OC3CC=CC3)(O1)[C@H](S(=O)(=O)c1ccccc1)C2. The van der Waals surface area contributed by atoms with Gasteiger partial charge in [0.2, 0.25) is 5.79 Å². The lowest BCUT2D eigenvalue weighted by Crippen LogP contribution is -2.46. The molecule has 3 aliphatic rings. The molecule has 4 rings (SSSR count). The molecule has 0 amide bonds. The number of fused-ring (bicyclic) bond motifs is 2. The van der Waals surface area contributed by atoms with Crippen LogP contribution in [0.5, 0.6) is 0 Å². The average Bonchev–Trinajstić information content (AvgIpc) is 3.41. The summed E-state index contributed by atoms with van der Waals surface area (Å²) < 4.78 is 46.7. The fourth-order valence-electron chi connectivity index (χ4n) is 4.24. The van der Waals surface area contributed by atoms with E-state index in [9.17, 15) is 8.42 Å². The van der Waals surface area contributed by atoms with Gasteiger partial charge in [0.15, 0.2) is 18.2 Å². The molecular formula is C24H34O5SSi. The van der Waals surface area contributed by atoms with E-state index >= 15 is 0 Å². The zero-order valence-electron chi connectivity index (χ0n) is 19.1. The molecule has 0 spiro atoms. The van der Waals surface area contributed by atoms with Crippen LogP contribution in [0, 0.1) is 0 Å². The first-order valence-corrected chi connectivity index (χ1v) is 15.5. The average molecular weight is 463 g/mol. The minimum atomic E-state index is -3.66. The molecule has 31 heavy (non-hydrogen) atoms. The van der Waals surface area contributed by atoms with Crippen molar-refractivity contribution in [2.45, 2.75) is 85.8 Å². The van der Waals surface area contributed by atoms with Crippen molar-refractivity contribution in [2.24, 2.45) is 0 Å². The van der Waals surface area contributed by atoms with Crippen LogP contribution in [-0.2, 0) is 23.7 Å². The summed E-state index contributed by atoms with van der Waals surface area (Å²) in [5, 5.41) is -0.751. The lowest BCUT2D eigenvalue weighted by molar-refractivity contribution is -0.221. The van der Waals surface area contributed by atoms with Gasteiger partial charge in [-0.15, -0.1) is 0 Å². The van der Waals surface area contributed by atoms with E-state index in [2.05, 4.69) is 46.0 Å². The Morgan fingerprint density at radius 2 is 1.74 bits per heavy atom. The Morgan fingerprint density at radius 1 is 1.10 bits per heavy atom. The molecule has 1 aliphatic carbocycles. The summed E-state index contributed by atoms with van der Waals surface area (Å²) in [5.74, 6) is -1.28. The highest BCUT2D eigenvalue weighted by molar-refractivity contribution is 7.92. The van der Waals surface area contributed by atoms with Gasteiger partial charge in [0.25, 0.3) is 0 Å². The summed E-state index contributed by atoms with van der Waals surface area (Å²) in [5.41, 5.74) is -0.784. The summed E-state index contributed by atoms with van der Waals surface area (Å²) in [6, 6.07) is 8.62. The summed E-state index contributed by atoms with van der Waals surface area (Å²) in [4.78, 5) is 0.303. The van der Waals surface area contributed by atoms with E-state index in [-0.39, 0.29) is 11.1 Å². The standard InChI is InChI=1S/C24H34O5SSi/c1-22(2,3)31(4,5)27-18-23-15-16-24(29-23,28-19-11-9-10-12-19)21(17-23)30(25,26)20-13-7-6-8-14-20/h6-10,13-16,19,21H,11-12,17-18H2,1-5H3/t21-,23-,24+/m1/s1. The largest absolute Gasteiger partial charge is 0.414 e. The molecule has 1 fully saturated rings. The molecule has 170 valence electrons. The minimum absolute atomic E-state index is 0.0587. The van der Waals surface area contributed by atoms with Gasteiger partial charge in [0.1, 0.15) is 10.9 Å². The van der Waals surface area contributed by atoms with Crippen LogP contribution in [0.2, 0.25) is 18.1 Å². The molecule has 0 unspecified atom stereocenters. The van der Waals surface area contributed by atoms with Gasteiger partial charge in [-0.05, 0) is 55.3 Å². The van der Waals surface area contributed by atoms with Crippen LogP contribution in [-0.4, -0.2) is 46.1 Å². The maximum absolute atomic E-state index is 13.7. The minimum Gasteiger partial charge on any atom is -0.414 e. The molecule has 3 atom stereocenters. The third-order valence-corrected chi connectivity index (χ3v) is 13.9. The van der Waals surface area contributed by atoms with Gasteiger partial charge in [-0.2, -0.15) is 0 Å². The fourth-order valence-corrected chi connectivity index (χ4v) is 7.26. The van der Waals surface area contributed by atoms with Gasteiger partial charge in [-0.3, -0.25) is 0 Å². The quantitative estimate of drug-likeness (QED) is 0.421. The Bertz CT molecular complexity index is 971. The van der Waals surface area contributed by atoms with E-state index in [1.54, 1.807) is 24.3 Å². The van der Waals surface area contributed by atoms with E-state index in [4.69, 9.17) is 13.9 Å². The van der Waals surface area contributed by atoms with Crippen LogP contribution in [0.25, 0.3) is 0 Å². The van der Waals surface area contributed by atoms with E-state index in [0.29, 0.717) is 17.9 Å². The smallest absolute Gasteiger partial charge is 0.206 e.